The monoisotopic (exact) mass is 280 g/mol. The number of carboxylic acids is 1. The molecule has 0 fully saturated rings. The van der Waals surface area contributed by atoms with Gasteiger partial charge in [-0.25, -0.2) is 8.78 Å². The van der Waals surface area contributed by atoms with Crippen LogP contribution in [0.4, 0.5) is 8.78 Å². The van der Waals surface area contributed by atoms with E-state index in [1.165, 1.54) is 13.1 Å². The van der Waals surface area contributed by atoms with Crippen molar-refractivity contribution < 1.29 is 23.5 Å². The van der Waals surface area contributed by atoms with E-state index in [0.29, 0.717) is 6.07 Å². The van der Waals surface area contributed by atoms with Crippen LogP contribution in [-0.4, -0.2) is 40.5 Å². The van der Waals surface area contributed by atoms with E-state index in [1.807, 2.05) is 0 Å². The fourth-order valence-electron chi connectivity index (χ4n) is 1.78. The first-order chi connectivity index (χ1) is 9.38. The van der Waals surface area contributed by atoms with Gasteiger partial charge in [-0.15, -0.1) is 0 Å². The molecule has 0 atom stereocenters. The lowest BCUT2D eigenvalue weighted by Crippen LogP contribution is -2.31. The normalized spacial score (nSPS) is 10.6. The molecule has 0 spiro atoms. The zero-order chi connectivity index (χ0) is 14.9. The van der Waals surface area contributed by atoms with Crippen molar-refractivity contribution in [2.24, 2.45) is 0 Å². The molecule has 0 aliphatic carbocycles. The number of amides is 1. The van der Waals surface area contributed by atoms with Crippen LogP contribution in [0.15, 0.2) is 24.4 Å². The Kier molecular flexibility index (Phi) is 3.60. The van der Waals surface area contributed by atoms with E-state index in [4.69, 9.17) is 5.11 Å². The van der Waals surface area contributed by atoms with Crippen molar-refractivity contribution in [3.05, 3.63) is 41.6 Å². The predicted octanol–water partition coefficient (Wildman–Crippen LogP) is 1.67. The summed E-state index contributed by atoms with van der Waals surface area (Å²) in [5, 5.41) is 8.75. The number of halogens is 2. The van der Waals surface area contributed by atoms with Gasteiger partial charge in [0.15, 0.2) is 5.82 Å². The number of carboxylic acid groups (broad SMARTS) is 1. The smallest absolute Gasteiger partial charge is 0.323 e. The maximum Gasteiger partial charge on any atom is 0.323 e. The van der Waals surface area contributed by atoms with E-state index >= 15 is 0 Å². The molecule has 0 saturated carbocycles. The van der Waals surface area contributed by atoms with Crippen molar-refractivity contribution in [3.8, 4) is 0 Å². The highest BCUT2D eigenvalue weighted by Gasteiger charge is 2.16. The van der Waals surface area contributed by atoms with E-state index in [0.717, 1.165) is 17.2 Å². The third-order valence-electron chi connectivity index (χ3n) is 2.67. The number of carbonyl (C=O) groups excluding carboxylic acids is 1. The van der Waals surface area contributed by atoms with Gasteiger partial charge in [0, 0.05) is 24.7 Å². The molecular formula is C13H10F2N2O3. The minimum atomic E-state index is -1.16. The maximum absolute atomic E-state index is 13.4. The molecule has 1 amide bonds. The molecule has 1 N–H and O–H groups in total. The topological polar surface area (TPSA) is 70.5 Å². The summed E-state index contributed by atoms with van der Waals surface area (Å²) in [6.07, 6.45) is 1.13. The number of pyridine rings is 1. The van der Waals surface area contributed by atoms with Crippen LogP contribution in [0.25, 0.3) is 10.9 Å². The SMILES string of the molecule is CN(CC(=O)O)C(=O)c1cnc2c(F)cc(F)cc2c1. The molecule has 0 aliphatic heterocycles. The van der Waals surface area contributed by atoms with Gasteiger partial charge in [0.25, 0.3) is 5.91 Å². The summed E-state index contributed by atoms with van der Waals surface area (Å²) in [5.74, 6) is -3.35. The molecule has 2 rings (SSSR count). The lowest BCUT2D eigenvalue weighted by Gasteiger charge is -2.14. The lowest BCUT2D eigenvalue weighted by atomic mass is 10.1. The number of likely N-dealkylation sites (N-methyl/N-ethyl adjacent to an activating group) is 1. The second-order valence-corrected chi connectivity index (χ2v) is 4.24. The Morgan fingerprint density at radius 3 is 2.65 bits per heavy atom. The molecule has 104 valence electrons. The summed E-state index contributed by atoms with van der Waals surface area (Å²) >= 11 is 0. The third kappa shape index (κ3) is 2.71. The summed E-state index contributed by atoms with van der Waals surface area (Å²) in [6.45, 7) is -0.478. The fourth-order valence-corrected chi connectivity index (χ4v) is 1.78. The Labute approximate surface area is 112 Å². The van der Waals surface area contributed by atoms with E-state index in [9.17, 15) is 18.4 Å². The van der Waals surface area contributed by atoms with Crippen molar-refractivity contribution in [2.75, 3.05) is 13.6 Å². The molecule has 0 unspecified atom stereocenters. The van der Waals surface area contributed by atoms with Gasteiger partial charge in [-0.05, 0) is 12.1 Å². The molecule has 1 aromatic carbocycles. The number of hydrogen-bond acceptors (Lipinski definition) is 3. The second kappa shape index (κ2) is 5.20. The number of nitrogens with zero attached hydrogens (tertiary/aromatic N) is 2. The Morgan fingerprint density at radius 2 is 2.00 bits per heavy atom. The number of aliphatic carboxylic acids is 1. The van der Waals surface area contributed by atoms with E-state index < -0.39 is 30.1 Å². The standard InChI is InChI=1S/C13H10F2N2O3/c1-17(6-11(18)19)13(20)8-2-7-3-9(14)4-10(15)12(7)16-5-8/h2-5H,6H2,1H3,(H,18,19). The Balaban J connectivity index is 2.41. The zero-order valence-electron chi connectivity index (χ0n) is 10.4. The van der Waals surface area contributed by atoms with Crippen LogP contribution in [-0.2, 0) is 4.79 Å². The van der Waals surface area contributed by atoms with Gasteiger partial charge in [-0.2, -0.15) is 0 Å². The Bertz CT molecular complexity index is 703. The quantitative estimate of drug-likeness (QED) is 0.928. The minimum Gasteiger partial charge on any atom is -0.480 e. The van der Waals surface area contributed by atoms with Gasteiger partial charge in [0.2, 0.25) is 0 Å². The number of benzene rings is 1. The van der Waals surface area contributed by atoms with Crippen LogP contribution in [0.3, 0.4) is 0 Å². The summed E-state index contributed by atoms with van der Waals surface area (Å²) in [4.78, 5) is 27.2. The van der Waals surface area contributed by atoms with E-state index in [2.05, 4.69) is 4.98 Å². The largest absolute Gasteiger partial charge is 0.480 e. The minimum absolute atomic E-state index is 0.0520. The molecule has 1 heterocycles. The number of fused-ring (bicyclic) bond motifs is 1. The second-order valence-electron chi connectivity index (χ2n) is 4.24. The number of aromatic nitrogens is 1. The third-order valence-corrected chi connectivity index (χ3v) is 2.67. The molecule has 0 aliphatic rings. The molecule has 2 aromatic rings. The first-order valence-corrected chi connectivity index (χ1v) is 5.60. The molecule has 1 aromatic heterocycles. The summed E-state index contributed by atoms with van der Waals surface area (Å²) in [6, 6.07) is 3.03. The fraction of sp³-hybridized carbons (Fsp3) is 0.154. The van der Waals surface area contributed by atoms with Crippen molar-refractivity contribution in [1.82, 2.24) is 9.88 Å². The van der Waals surface area contributed by atoms with Gasteiger partial charge in [0.1, 0.15) is 17.9 Å². The molecule has 5 nitrogen and oxygen atoms in total. The first-order valence-electron chi connectivity index (χ1n) is 5.60. The number of hydrogen-bond donors (Lipinski definition) is 1. The van der Waals surface area contributed by atoms with E-state index in [-0.39, 0.29) is 16.5 Å². The predicted molar refractivity (Wildman–Crippen MR) is 66.3 cm³/mol. The lowest BCUT2D eigenvalue weighted by molar-refractivity contribution is -0.137. The molecule has 7 heteroatoms. The number of rotatable bonds is 3. The summed E-state index contributed by atoms with van der Waals surface area (Å²) in [7, 11) is 1.31. The van der Waals surface area contributed by atoms with Crippen LogP contribution >= 0.6 is 0 Å². The van der Waals surface area contributed by atoms with Crippen LogP contribution in [0.5, 0.6) is 0 Å². The van der Waals surface area contributed by atoms with Crippen molar-refractivity contribution in [3.63, 3.8) is 0 Å². The van der Waals surface area contributed by atoms with Gasteiger partial charge in [-0.1, -0.05) is 0 Å². The van der Waals surface area contributed by atoms with Crippen molar-refractivity contribution in [1.29, 1.82) is 0 Å². The first kappa shape index (κ1) is 13.9. The van der Waals surface area contributed by atoms with Crippen molar-refractivity contribution in [2.45, 2.75) is 0 Å². The molecule has 0 radical (unpaired) electrons. The van der Waals surface area contributed by atoms with Gasteiger partial charge < -0.3 is 10.0 Å². The Hall–Kier alpha value is -2.57. The zero-order valence-corrected chi connectivity index (χ0v) is 10.4. The molecular weight excluding hydrogens is 270 g/mol. The van der Waals surface area contributed by atoms with Crippen LogP contribution < -0.4 is 0 Å². The average Bonchev–Trinajstić information content (AvgIpc) is 2.36. The van der Waals surface area contributed by atoms with E-state index in [1.54, 1.807) is 0 Å². The maximum atomic E-state index is 13.4. The van der Waals surface area contributed by atoms with Gasteiger partial charge in [-0.3, -0.25) is 14.6 Å². The van der Waals surface area contributed by atoms with Crippen LogP contribution in [0, 0.1) is 11.6 Å². The van der Waals surface area contributed by atoms with Crippen molar-refractivity contribution >= 4 is 22.8 Å². The van der Waals surface area contributed by atoms with Crippen LogP contribution in [0.1, 0.15) is 10.4 Å². The highest BCUT2D eigenvalue weighted by Crippen LogP contribution is 2.19. The van der Waals surface area contributed by atoms with Gasteiger partial charge in [0.05, 0.1) is 5.56 Å². The van der Waals surface area contributed by atoms with Gasteiger partial charge >= 0.3 is 5.97 Å². The highest BCUT2D eigenvalue weighted by atomic mass is 19.1. The molecule has 0 bridgehead atoms. The molecule has 0 saturated heterocycles. The number of carbonyl (C=O) groups is 2. The van der Waals surface area contributed by atoms with Crippen LogP contribution in [0.2, 0.25) is 0 Å². The Morgan fingerprint density at radius 1 is 1.30 bits per heavy atom. The summed E-state index contributed by atoms with van der Waals surface area (Å²) in [5.41, 5.74) is 0.00934. The average molecular weight is 280 g/mol. The molecule has 20 heavy (non-hydrogen) atoms. The highest BCUT2D eigenvalue weighted by molar-refractivity contribution is 5.98. The summed E-state index contributed by atoms with van der Waals surface area (Å²) < 4.78 is 26.6.